The monoisotopic (exact) mass is 274 g/mol. The number of likely N-dealkylation sites (N-methyl/N-ethyl adjacent to an activating group) is 1. The second-order valence-corrected chi connectivity index (χ2v) is 6.35. The summed E-state index contributed by atoms with van der Waals surface area (Å²) in [6.45, 7) is 0.993. The molecule has 3 nitrogen and oxygen atoms in total. The molecule has 1 saturated carbocycles. The molecule has 2 heterocycles. The number of amides is 1. The van der Waals surface area contributed by atoms with Crippen LogP contribution in [0.4, 0.5) is 10.1 Å². The maximum absolute atomic E-state index is 14.5. The van der Waals surface area contributed by atoms with Gasteiger partial charge in [-0.3, -0.25) is 4.79 Å². The van der Waals surface area contributed by atoms with Gasteiger partial charge in [0.05, 0.1) is 11.1 Å². The number of nitrogens with zero attached hydrogens (tertiary/aromatic N) is 1. The van der Waals surface area contributed by atoms with Crippen LogP contribution in [-0.2, 0) is 10.2 Å². The van der Waals surface area contributed by atoms with Crippen molar-refractivity contribution in [1.29, 1.82) is 0 Å². The number of nitrogens with one attached hydrogen (secondary N) is 1. The Bertz CT molecular complexity index is 588. The van der Waals surface area contributed by atoms with Crippen LogP contribution in [-0.4, -0.2) is 19.5 Å². The highest BCUT2D eigenvalue weighted by atomic mass is 19.1. The van der Waals surface area contributed by atoms with E-state index in [-0.39, 0.29) is 17.8 Å². The molecule has 1 saturated heterocycles. The molecule has 1 aromatic rings. The predicted octanol–water partition coefficient (Wildman–Crippen LogP) is 2.65. The number of anilines is 1. The minimum Gasteiger partial charge on any atom is -0.312 e. The molecule has 1 N–H and O–H groups in total. The van der Waals surface area contributed by atoms with E-state index in [1.807, 2.05) is 0 Å². The van der Waals surface area contributed by atoms with Crippen molar-refractivity contribution < 1.29 is 9.18 Å². The lowest BCUT2D eigenvalue weighted by molar-refractivity contribution is -0.119. The molecule has 1 aromatic carbocycles. The smallest absolute Gasteiger partial charge is 0.237 e. The van der Waals surface area contributed by atoms with Gasteiger partial charge in [-0.15, -0.1) is 0 Å². The summed E-state index contributed by atoms with van der Waals surface area (Å²) in [7, 11) is 1.69. The number of carbonyl (C=O) groups is 1. The third-order valence-electron chi connectivity index (χ3n) is 5.11. The van der Waals surface area contributed by atoms with Gasteiger partial charge in [-0.2, -0.15) is 0 Å². The van der Waals surface area contributed by atoms with Crippen molar-refractivity contribution in [2.75, 3.05) is 18.5 Å². The number of hydrogen-bond acceptors (Lipinski definition) is 2. The van der Waals surface area contributed by atoms with Gasteiger partial charge in [0.25, 0.3) is 0 Å². The van der Waals surface area contributed by atoms with Gasteiger partial charge in [-0.1, -0.05) is 12.5 Å². The molecular formula is C16H19FN2O. The van der Waals surface area contributed by atoms with Gasteiger partial charge in [0.1, 0.15) is 5.82 Å². The van der Waals surface area contributed by atoms with E-state index in [4.69, 9.17) is 0 Å². The molecular weight excluding hydrogens is 255 g/mol. The predicted molar refractivity (Wildman–Crippen MR) is 75.3 cm³/mol. The topological polar surface area (TPSA) is 32.3 Å². The Morgan fingerprint density at radius 3 is 2.80 bits per heavy atom. The molecule has 1 amide bonds. The van der Waals surface area contributed by atoms with Crippen LogP contribution in [0.25, 0.3) is 0 Å². The first kappa shape index (κ1) is 12.3. The number of benzene rings is 1. The molecule has 1 unspecified atom stereocenters. The number of hydrogen-bond donors (Lipinski definition) is 1. The SMILES string of the molecule is CN1C(=O)C2(CC2)c2cc(C3CCCCN3)cc(F)c21. The fourth-order valence-electron chi connectivity index (χ4n) is 3.81. The standard InChI is InChI=1S/C16H19FN2O/c1-19-14-11(16(5-6-16)15(19)20)8-10(9-12(14)17)13-4-2-3-7-18-13/h8-9,13,18H,2-7H2,1H3. The molecule has 2 aliphatic heterocycles. The minimum absolute atomic E-state index is 0.0696. The van der Waals surface area contributed by atoms with Gasteiger partial charge in [0, 0.05) is 13.1 Å². The summed E-state index contributed by atoms with van der Waals surface area (Å²) in [5.41, 5.74) is 2.05. The Morgan fingerprint density at radius 2 is 2.15 bits per heavy atom. The molecule has 1 atom stereocenters. The summed E-state index contributed by atoms with van der Waals surface area (Å²) in [6, 6.07) is 3.93. The van der Waals surface area contributed by atoms with Crippen LogP contribution in [0.1, 0.15) is 49.3 Å². The summed E-state index contributed by atoms with van der Waals surface area (Å²) in [5, 5.41) is 3.46. The van der Waals surface area contributed by atoms with Crippen molar-refractivity contribution in [2.45, 2.75) is 43.6 Å². The van der Waals surface area contributed by atoms with Crippen LogP contribution in [0, 0.1) is 5.82 Å². The lowest BCUT2D eigenvalue weighted by atomic mass is 9.91. The maximum atomic E-state index is 14.5. The summed E-state index contributed by atoms with van der Waals surface area (Å²) in [6.07, 6.45) is 5.15. The Labute approximate surface area is 118 Å². The van der Waals surface area contributed by atoms with E-state index < -0.39 is 5.41 Å². The van der Waals surface area contributed by atoms with Crippen LogP contribution in [0.2, 0.25) is 0 Å². The largest absolute Gasteiger partial charge is 0.312 e. The highest BCUT2D eigenvalue weighted by Crippen LogP contribution is 2.58. The Morgan fingerprint density at radius 1 is 1.35 bits per heavy atom. The zero-order valence-electron chi connectivity index (χ0n) is 11.7. The van der Waals surface area contributed by atoms with E-state index in [2.05, 4.69) is 11.4 Å². The molecule has 0 aromatic heterocycles. The van der Waals surface area contributed by atoms with E-state index >= 15 is 0 Å². The average Bonchev–Trinajstić information content (AvgIpc) is 3.24. The Kier molecular flexibility index (Phi) is 2.49. The highest BCUT2D eigenvalue weighted by molar-refractivity contribution is 6.10. The Balaban J connectivity index is 1.81. The number of rotatable bonds is 1. The lowest BCUT2D eigenvalue weighted by Gasteiger charge is -2.25. The van der Waals surface area contributed by atoms with E-state index in [1.165, 1.54) is 17.7 Å². The number of fused-ring (bicyclic) bond motifs is 2. The molecule has 0 radical (unpaired) electrons. The second-order valence-electron chi connectivity index (χ2n) is 6.35. The van der Waals surface area contributed by atoms with Gasteiger partial charge in [-0.25, -0.2) is 4.39 Å². The number of halogens is 1. The van der Waals surface area contributed by atoms with Crippen molar-refractivity contribution in [3.05, 3.63) is 29.1 Å². The quantitative estimate of drug-likeness (QED) is 0.854. The molecule has 0 bridgehead atoms. The molecule has 4 heteroatoms. The lowest BCUT2D eigenvalue weighted by Crippen LogP contribution is -2.28. The summed E-state index contributed by atoms with van der Waals surface area (Å²) >= 11 is 0. The molecule has 20 heavy (non-hydrogen) atoms. The molecule has 1 spiro atoms. The molecule has 3 aliphatic rings. The van der Waals surface area contributed by atoms with Gasteiger partial charge in [0.2, 0.25) is 5.91 Å². The van der Waals surface area contributed by atoms with Gasteiger partial charge < -0.3 is 10.2 Å². The molecule has 4 rings (SSSR count). The van der Waals surface area contributed by atoms with Crippen molar-refractivity contribution in [3.63, 3.8) is 0 Å². The molecule has 1 aliphatic carbocycles. The zero-order chi connectivity index (χ0) is 13.9. The zero-order valence-corrected chi connectivity index (χ0v) is 11.7. The fourth-order valence-corrected chi connectivity index (χ4v) is 3.81. The van der Waals surface area contributed by atoms with Gasteiger partial charge in [0.15, 0.2) is 0 Å². The number of piperidine rings is 1. The van der Waals surface area contributed by atoms with Crippen LogP contribution in [0.15, 0.2) is 12.1 Å². The van der Waals surface area contributed by atoms with Crippen molar-refractivity contribution in [3.8, 4) is 0 Å². The first-order valence-electron chi connectivity index (χ1n) is 7.49. The van der Waals surface area contributed by atoms with E-state index in [0.29, 0.717) is 5.69 Å². The average molecular weight is 274 g/mol. The van der Waals surface area contributed by atoms with Crippen molar-refractivity contribution >= 4 is 11.6 Å². The second kappa shape index (κ2) is 4.04. The molecule has 106 valence electrons. The first-order valence-corrected chi connectivity index (χ1v) is 7.49. The molecule has 2 fully saturated rings. The third-order valence-corrected chi connectivity index (χ3v) is 5.11. The minimum atomic E-state index is -0.393. The maximum Gasteiger partial charge on any atom is 0.237 e. The number of carbonyl (C=O) groups excluding carboxylic acids is 1. The van der Waals surface area contributed by atoms with E-state index in [1.54, 1.807) is 13.1 Å². The van der Waals surface area contributed by atoms with Gasteiger partial charge in [-0.05, 0) is 49.4 Å². The van der Waals surface area contributed by atoms with E-state index in [9.17, 15) is 9.18 Å². The normalized spacial score (nSPS) is 27.0. The van der Waals surface area contributed by atoms with Crippen molar-refractivity contribution in [2.24, 2.45) is 0 Å². The van der Waals surface area contributed by atoms with Crippen LogP contribution in [0.5, 0.6) is 0 Å². The first-order chi connectivity index (χ1) is 9.63. The van der Waals surface area contributed by atoms with Crippen LogP contribution in [0.3, 0.4) is 0 Å². The van der Waals surface area contributed by atoms with Gasteiger partial charge >= 0.3 is 0 Å². The summed E-state index contributed by atoms with van der Waals surface area (Å²) in [5.74, 6) is -0.176. The highest BCUT2D eigenvalue weighted by Gasteiger charge is 2.59. The van der Waals surface area contributed by atoms with Crippen LogP contribution >= 0.6 is 0 Å². The third kappa shape index (κ3) is 1.51. The summed E-state index contributed by atoms with van der Waals surface area (Å²) in [4.78, 5) is 13.8. The summed E-state index contributed by atoms with van der Waals surface area (Å²) < 4.78 is 14.5. The van der Waals surface area contributed by atoms with E-state index in [0.717, 1.165) is 36.9 Å². The fraction of sp³-hybridized carbons (Fsp3) is 0.562. The van der Waals surface area contributed by atoms with Crippen molar-refractivity contribution in [1.82, 2.24) is 5.32 Å². The van der Waals surface area contributed by atoms with Crippen LogP contribution < -0.4 is 10.2 Å². The Hall–Kier alpha value is -1.42.